The van der Waals surface area contributed by atoms with E-state index in [9.17, 15) is 14.7 Å². The van der Waals surface area contributed by atoms with E-state index in [0.717, 1.165) is 16.2 Å². The Hall–Kier alpha value is -3.85. The van der Waals surface area contributed by atoms with Crippen LogP contribution in [0.5, 0.6) is 5.75 Å². The van der Waals surface area contributed by atoms with Crippen molar-refractivity contribution in [3.8, 4) is 17.1 Å². The first-order valence-corrected chi connectivity index (χ1v) is 10.7. The summed E-state index contributed by atoms with van der Waals surface area (Å²) in [4.78, 5) is 37.0. The van der Waals surface area contributed by atoms with Gasteiger partial charge in [-0.1, -0.05) is 0 Å². The number of H-pyrrole nitrogens is 1. The van der Waals surface area contributed by atoms with Gasteiger partial charge >= 0.3 is 5.97 Å². The summed E-state index contributed by atoms with van der Waals surface area (Å²) in [7, 11) is 1.58. The van der Waals surface area contributed by atoms with Crippen molar-refractivity contribution in [2.75, 3.05) is 12.9 Å². The summed E-state index contributed by atoms with van der Waals surface area (Å²) in [5.41, 5.74) is 2.62. The number of carboxylic acid groups (broad SMARTS) is 1. The molecule has 0 aliphatic rings. The van der Waals surface area contributed by atoms with Crippen LogP contribution in [0, 0.1) is 0 Å². The minimum Gasteiger partial charge on any atom is -0.497 e. The van der Waals surface area contributed by atoms with E-state index in [4.69, 9.17) is 4.74 Å². The molecular formula is C23H20N4O4S. The Labute approximate surface area is 188 Å². The lowest BCUT2D eigenvalue weighted by Gasteiger charge is -2.14. The summed E-state index contributed by atoms with van der Waals surface area (Å²) in [5.74, 6) is 0.0148. The van der Waals surface area contributed by atoms with Gasteiger partial charge in [-0.3, -0.25) is 9.78 Å². The number of carbonyl (C=O) groups excluding carboxylic acids is 1. The highest BCUT2D eigenvalue weighted by atomic mass is 32.2. The van der Waals surface area contributed by atoms with Crippen LogP contribution >= 0.6 is 11.8 Å². The predicted octanol–water partition coefficient (Wildman–Crippen LogP) is 3.61. The molecule has 4 rings (SSSR count). The molecular weight excluding hydrogens is 428 g/mol. The molecule has 0 radical (unpaired) electrons. The highest BCUT2D eigenvalue weighted by Gasteiger charge is 2.21. The van der Waals surface area contributed by atoms with Crippen molar-refractivity contribution in [1.82, 2.24) is 20.3 Å². The molecule has 0 bridgehead atoms. The average Bonchev–Trinajstić information content (AvgIpc) is 3.26. The van der Waals surface area contributed by atoms with Crippen LogP contribution in [0.25, 0.3) is 22.4 Å². The topological polar surface area (TPSA) is 117 Å². The monoisotopic (exact) mass is 448 g/mol. The Balaban J connectivity index is 1.46. The lowest BCUT2D eigenvalue weighted by molar-refractivity contribution is -0.138. The smallest absolute Gasteiger partial charge is 0.327 e. The summed E-state index contributed by atoms with van der Waals surface area (Å²) >= 11 is 1.34. The number of carbonyl (C=O) groups is 2. The first kappa shape index (κ1) is 21.4. The van der Waals surface area contributed by atoms with Crippen molar-refractivity contribution in [2.24, 2.45) is 0 Å². The van der Waals surface area contributed by atoms with Crippen LogP contribution < -0.4 is 10.1 Å². The van der Waals surface area contributed by atoms with E-state index in [1.54, 1.807) is 49.8 Å². The summed E-state index contributed by atoms with van der Waals surface area (Å²) in [6.45, 7) is 0. The zero-order valence-electron chi connectivity index (χ0n) is 17.1. The quantitative estimate of drug-likeness (QED) is 0.353. The number of nitrogens with zero attached hydrogens (tertiary/aromatic N) is 2. The molecule has 0 aliphatic carbocycles. The van der Waals surface area contributed by atoms with Crippen LogP contribution in [0.1, 0.15) is 10.4 Å². The molecule has 162 valence electrons. The summed E-state index contributed by atoms with van der Waals surface area (Å²) < 4.78 is 5.12. The molecule has 1 unspecified atom stereocenters. The van der Waals surface area contributed by atoms with Crippen molar-refractivity contribution in [3.63, 3.8) is 0 Å². The molecule has 1 amide bonds. The van der Waals surface area contributed by atoms with Gasteiger partial charge in [0, 0.05) is 34.2 Å². The highest BCUT2D eigenvalue weighted by Crippen LogP contribution is 2.23. The molecule has 3 N–H and O–H groups in total. The molecule has 0 spiro atoms. The Kier molecular flexibility index (Phi) is 6.37. The maximum atomic E-state index is 12.7. The molecule has 0 saturated heterocycles. The maximum absolute atomic E-state index is 12.7. The van der Waals surface area contributed by atoms with Gasteiger partial charge in [0.2, 0.25) is 0 Å². The number of ether oxygens (including phenoxy) is 1. The van der Waals surface area contributed by atoms with Crippen LogP contribution in [-0.2, 0) is 4.79 Å². The molecule has 4 aromatic rings. The van der Waals surface area contributed by atoms with Crippen molar-refractivity contribution in [2.45, 2.75) is 10.9 Å². The average molecular weight is 449 g/mol. The summed E-state index contributed by atoms with van der Waals surface area (Å²) in [6.07, 6.45) is 3.36. The van der Waals surface area contributed by atoms with E-state index < -0.39 is 17.9 Å². The minimum atomic E-state index is -1.10. The predicted molar refractivity (Wildman–Crippen MR) is 122 cm³/mol. The Bertz CT molecular complexity index is 1240. The van der Waals surface area contributed by atoms with Gasteiger partial charge in [-0.15, -0.1) is 11.8 Å². The molecule has 1 atom stereocenters. The number of methoxy groups -OCH3 is 1. The second kappa shape index (κ2) is 9.52. The number of imidazole rings is 1. The summed E-state index contributed by atoms with van der Waals surface area (Å²) in [6, 6.07) is 14.9. The van der Waals surface area contributed by atoms with Gasteiger partial charge in [0.25, 0.3) is 5.91 Å². The normalized spacial score (nSPS) is 11.8. The number of aliphatic carboxylic acids is 1. The van der Waals surface area contributed by atoms with E-state index in [-0.39, 0.29) is 5.75 Å². The van der Waals surface area contributed by atoms with Crippen LogP contribution in [-0.4, -0.2) is 50.8 Å². The van der Waals surface area contributed by atoms with Gasteiger partial charge in [0.15, 0.2) is 0 Å². The number of rotatable bonds is 8. The number of carboxylic acids is 1. The molecule has 9 heteroatoms. The van der Waals surface area contributed by atoms with Gasteiger partial charge in [-0.2, -0.15) is 0 Å². The largest absolute Gasteiger partial charge is 0.497 e. The summed E-state index contributed by atoms with van der Waals surface area (Å²) in [5, 5.41) is 12.2. The van der Waals surface area contributed by atoms with Gasteiger partial charge in [-0.05, 0) is 54.6 Å². The van der Waals surface area contributed by atoms with Crippen molar-refractivity contribution in [3.05, 3.63) is 72.6 Å². The third kappa shape index (κ3) is 4.89. The maximum Gasteiger partial charge on any atom is 0.327 e. The molecule has 2 heterocycles. The van der Waals surface area contributed by atoms with Crippen molar-refractivity contribution < 1.29 is 19.4 Å². The van der Waals surface area contributed by atoms with E-state index in [0.29, 0.717) is 22.4 Å². The fourth-order valence-electron chi connectivity index (χ4n) is 3.07. The van der Waals surface area contributed by atoms with Crippen LogP contribution in [0.15, 0.2) is 71.9 Å². The Morgan fingerprint density at radius 2 is 1.88 bits per heavy atom. The molecule has 2 aromatic heterocycles. The Morgan fingerprint density at radius 3 is 2.56 bits per heavy atom. The number of aromatic amines is 1. The third-order valence-electron chi connectivity index (χ3n) is 4.78. The second-order valence-electron chi connectivity index (χ2n) is 6.90. The van der Waals surface area contributed by atoms with Crippen LogP contribution in [0.3, 0.4) is 0 Å². The minimum absolute atomic E-state index is 0.186. The SMILES string of the molecule is COc1ccc(SCC(NC(=O)c2ccc3nc(-c4ccncc4)[nH]c3c2)C(=O)O)cc1. The van der Waals surface area contributed by atoms with Gasteiger partial charge in [0.05, 0.1) is 18.1 Å². The van der Waals surface area contributed by atoms with Gasteiger partial charge in [-0.25, -0.2) is 9.78 Å². The lowest BCUT2D eigenvalue weighted by atomic mass is 10.2. The zero-order chi connectivity index (χ0) is 22.5. The van der Waals surface area contributed by atoms with Crippen LogP contribution in [0.2, 0.25) is 0 Å². The number of benzene rings is 2. The first-order chi connectivity index (χ1) is 15.5. The highest BCUT2D eigenvalue weighted by molar-refractivity contribution is 7.99. The number of fused-ring (bicyclic) bond motifs is 1. The van der Waals surface area contributed by atoms with Crippen LogP contribution in [0.4, 0.5) is 0 Å². The van der Waals surface area contributed by atoms with E-state index in [1.807, 2.05) is 24.3 Å². The fourth-order valence-corrected chi connectivity index (χ4v) is 3.98. The van der Waals surface area contributed by atoms with E-state index in [2.05, 4.69) is 20.3 Å². The lowest BCUT2D eigenvalue weighted by Crippen LogP contribution is -2.42. The number of pyridine rings is 1. The van der Waals surface area contributed by atoms with Gasteiger partial charge in [0.1, 0.15) is 17.6 Å². The number of amides is 1. The molecule has 0 aliphatic heterocycles. The molecule has 0 fully saturated rings. The van der Waals surface area contributed by atoms with Crippen molar-refractivity contribution >= 4 is 34.7 Å². The van der Waals surface area contributed by atoms with E-state index >= 15 is 0 Å². The number of aromatic nitrogens is 3. The third-order valence-corrected chi connectivity index (χ3v) is 5.88. The van der Waals surface area contributed by atoms with E-state index in [1.165, 1.54) is 11.8 Å². The molecule has 32 heavy (non-hydrogen) atoms. The number of nitrogens with one attached hydrogen (secondary N) is 2. The number of hydrogen-bond donors (Lipinski definition) is 3. The number of hydrogen-bond acceptors (Lipinski definition) is 6. The zero-order valence-corrected chi connectivity index (χ0v) is 17.9. The molecule has 2 aromatic carbocycles. The number of thioether (sulfide) groups is 1. The van der Waals surface area contributed by atoms with Gasteiger partial charge < -0.3 is 20.1 Å². The second-order valence-corrected chi connectivity index (χ2v) is 8.00. The first-order valence-electron chi connectivity index (χ1n) is 9.74. The molecule has 8 nitrogen and oxygen atoms in total. The van der Waals surface area contributed by atoms with Crippen molar-refractivity contribution in [1.29, 1.82) is 0 Å². The standard InChI is InChI=1S/C23H20N4O4S/c1-31-16-3-5-17(6-4-16)32-13-20(23(29)30)27-22(28)15-2-7-18-19(12-15)26-21(25-18)14-8-10-24-11-9-14/h2-12,20H,13H2,1H3,(H,25,26)(H,27,28)(H,29,30). The fraction of sp³-hybridized carbons (Fsp3) is 0.130. The Morgan fingerprint density at radius 1 is 1.12 bits per heavy atom. The molecule has 0 saturated carbocycles.